The highest BCUT2D eigenvalue weighted by molar-refractivity contribution is 9.12. The summed E-state index contributed by atoms with van der Waals surface area (Å²) in [6, 6.07) is 1.55. The molecule has 0 bridgehead atoms. The number of halogens is 3. The van der Waals surface area contributed by atoms with Crippen LogP contribution in [0.5, 0.6) is 0 Å². The first-order chi connectivity index (χ1) is 6.47. The van der Waals surface area contributed by atoms with Gasteiger partial charge >= 0.3 is 0 Å². The van der Waals surface area contributed by atoms with Crippen molar-refractivity contribution < 1.29 is 8.42 Å². The number of nitrogens with two attached hydrogens (primary N) is 1. The highest BCUT2D eigenvalue weighted by Crippen LogP contribution is 2.34. The van der Waals surface area contributed by atoms with Crippen molar-refractivity contribution in [3.63, 3.8) is 0 Å². The van der Waals surface area contributed by atoms with Gasteiger partial charge in [-0.25, -0.2) is 13.1 Å². The normalized spacial score (nSPS) is 11.1. The Balaban J connectivity index is 0.00000196. The molecule has 0 unspecified atom stereocenters. The van der Waals surface area contributed by atoms with Crippen molar-refractivity contribution in [1.29, 1.82) is 0 Å². The monoisotopic (exact) mass is 398 g/mol. The number of hydrogen-bond donors (Lipinski definition) is 2. The number of thiophene rings is 1. The number of rotatable bonds is 4. The maximum absolute atomic E-state index is 11.6. The number of hydrogen-bond acceptors (Lipinski definition) is 4. The first kappa shape index (κ1) is 15.8. The topological polar surface area (TPSA) is 72.2 Å². The van der Waals surface area contributed by atoms with E-state index >= 15 is 0 Å². The predicted molar refractivity (Wildman–Crippen MR) is 71.2 cm³/mol. The Labute approximate surface area is 115 Å². The van der Waals surface area contributed by atoms with Crippen LogP contribution < -0.4 is 10.5 Å². The third kappa shape index (κ3) is 4.29. The van der Waals surface area contributed by atoms with Crippen molar-refractivity contribution in [2.75, 3.05) is 13.1 Å². The molecule has 1 aromatic rings. The van der Waals surface area contributed by atoms with E-state index in [1.807, 2.05) is 0 Å². The fraction of sp³-hybridized carbons (Fsp3) is 0.333. The molecule has 0 aliphatic rings. The van der Waals surface area contributed by atoms with Crippen molar-refractivity contribution in [2.45, 2.75) is 4.90 Å². The summed E-state index contributed by atoms with van der Waals surface area (Å²) >= 11 is 7.71. The van der Waals surface area contributed by atoms with Crippen LogP contribution in [0.1, 0.15) is 0 Å². The molecule has 1 rings (SSSR count). The quantitative estimate of drug-likeness (QED) is 0.811. The van der Waals surface area contributed by atoms with E-state index in [2.05, 4.69) is 36.6 Å². The predicted octanol–water partition coefficient (Wildman–Crippen LogP) is 1.93. The molecule has 0 amide bonds. The second-order valence-electron chi connectivity index (χ2n) is 2.37. The zero-order valence-corrected chi connectivity index (χ0v) is 13.0. The maximum atomic E-state index is 11.6. The van der Waals surface area contributed by atoms with Gasteiger partial charge in [0.15, 0.2) is 0 Å². The fourth-order valence-electron chi connectivity index (χ4n) is 0.779. The Morgan fingerprint density at radius 2 is 2.07 bits per heavy atom. The second kappa shape index (κ2) is 6.53. The Bertz CT molecular complexity index is 421. The minimum Gasteiger partial charge on any atom is -0.329 e. The first-order valence-electron chi connectivity index (χ1n) is 3.62. The van der Waals surface area contributed by atoms with E-state index in [0.29, 0.717) is 3.79 Å². The first-order valence-corrected chi connectivity index (χ1v) is 7.50. The molecule has 0 aliphatic heterocycles. The lowest BCUT2D eigenvalue weighted by atomic mass is 10.7. The number of sulfonamides is 1. The van der Waals surface area contributed by atoms with Gasteiger partial charge in [-0.1, -0.05) is 0 Å². The van der Waals surface area contributed by atoms with E-state index in [0.717, 1.165) is 3.79 Å². The van der Waals surface area contributed by atoms with Crippen molar-refractivity contribution in [2.24, 2.45) is 5.73 Å². The molecule has 0 radical (unpaired) electrons. The minimum absolute atomic E-state index is 0. The second-order valence-corrected chi connectivity index (χ2v) is 7.86. The largest absolute Gasteiger partial charge is 0.329 e. The molecular formula is C6H9Br2ClN2O2S2. The van der Waals surface area contributed by atoms with E-state index in [1.54, 1.807) is 6.07 Å². The molecule has 0 spiro atoms. The Kier molecular flexibility index (Phi) is 6.89. The zero-order chi connectivity index (χ0) is 10.8. The van der Waals surface area contributed by atoms with Gasteiger partial charge in [-0.05, 0) is 37.9 Å². The smallest absolute Gasteiger partial charge is 0.242 e. The third-order valence-corrected chi connectivity index (χ3v) is 5.57. The van der Waals surface area contributed by atoms with Gasteiger partial charge in [0.1, 0.15) is 4.90 Å². The van der Waals surface area contributed by atoms with Gasteiger partial charge in [0.2, 0.25) is 10.0 Å². The van der Waals surface area contributed by atoms with E-state index in [9.17, 15) is 8.42 Å². The molecule has 88 valence electrons. The lowest BCUT2D eigenvalue weighted by molar-refractivity contribution is 0.582. The molecule has 0 fully saturated rings. The molecule has 9 heteroatoms. The van der Waals surface area contributed by atoms with Crippen LogP contribution in [-0.4, -0.2) is 21.5 Å². The summed E-state index contributed by atoms with van der Waals surface area (Å²) in [6.45, 7) is 0.518. The average molecular weight is 401 g/mol. The molecule has 0 aromatic carbocycles. The molecular weight excluding hydrogens is 391 g/mol. The lowest BCUT2D eigenvalue weighted by Gasteiger charge is -2.03. The van der Waals surface area contributed by atoms with Crippen molar-refractivity contribution in [3.8, 4) is 0 Å². The van der Waals surface area contributed by atoms with Gasteiger partial charge in [0.25, 0.3) is 0 Å². The molecule has 3 N–H and O–H groups in total. The Morgan fingerprint density at radius 1 is 1.47 bits per heavy atom. The third-order valence-electron chi connectivity index (χ3n) is 1.35. The Hall–Kier alpha value is 0.820. The summed E-state index contributed by atoms with van der Waals surface area (Å²) in [5.41, 5.74) is 5.21. The van der Waals surface area contributed by atoms with Crippen LogP contribution in [-0.2, 0) is 10.0 Å². The van der Waals surface area contributed by atoms with E-state index < -0.39 is 10.0 Å². The van der Waals surface area contributed by atoms with Crippen LogP contribution in [0, 0.1) is 0 Å². The lowest BCUT2D eigenvalue weighted by Crippen LogP contribution is -2.29. The fourth-order valence-corrected chi connectivity index (χ4v) is 5.64. The van der Waals surface area contributed by atoms with Gasteiger partial charge in [0.05, 0.1) is 7.57 Å². The summed E-state index contributed by atoms with van der Waals surface area (Å²) in [5.74, 6) is 0. The average Bonchev–Trinajstić information content (AvgIpc) is 2.42. The van der Waals surface area contributed by atoms with E-state index in [4.69, 9.17) is 5.73 Å². The van der Waals surface area contributed by atoms with Gasteiger partial charge < -0.3 is 5.73 Å². The molecule has 0 saturated heterocycles. The summed E-state index contributed by atoms with van der Waals surface area (Å²) in [6.07, 6.45) is 0. The highest BCUT2D eigenvalue weighted by Gasteiger charge is 2.19. The van der Waals surface area contributed by atoms with Crippen LogP contribution in [0.15, 0.2) is 18.5 Å². The van der Waals surface area contributed by atoms with Gasteiger partial charge in [0, 0.05) is 13.1 Å². The molecule has 15 heavy (non-hydrogen) atoms. The van der Waals surface area contributed by atoms with E-state index in [-0.39, 0.29) is 30.4 Å². The Morgan fingerprint density at radius 3 is 2.47 bits per heavy atom. The van der Waals surface area contributed by atoms with Crippen LogP contribution in [0.25, 0.3) is 0 Å². The highest BCUT2D eigenvalue weighted by atomic mass is 79.9. The van der Waals surface area contributed by atoms with Crippen molar-refractivity contribution in [1.82, 2.24) is 4.72 Å². The molecule has 1 heterocycles. The van der Waals surface area contributed by atoms with Gasteiger partial charge in [-0.3, -0.25) is 0 Å². The van der Waals surface area contributed by atoms with Gasteiger partial charge in [-0.15, -0.1) is 23.7 Å². The van der Waals surface area contributed by atoms with Crippen molar-refractivity contribution >= 4 is 65.6 Å². The summed E-state index contributed by atoms with van der Waals surface area (Å²) in [7, 11) is -3.43. The standard InChI is InChI=1S/C6H8Br2N2O2S2.ClH/c7-5-3-4(6(8)13-5)14(11,12)10-2-1-9;/h3,10H,1-2,9H2;1H. The zero-order valence-electron chi connectivity index (χ0n) is 7.37. The molecule has 0 aliphatic carbocycles. The molecule has 0 saturated carbocycles. The molecule has 0 atom stereocenters. The van der Waals surface area contributed by atoms with Crippen molar-refractivity contribution in [3.05, 3.63) is 13.6 Å². The van der Waals surface area contributed by atoms with Gasteiger partial charge in [-0.2, -0.15) is 0 Å². The van der Waals surface area contributed by atoms with Crippen LogP contribution in [0.4, 0.5) is 0 Å². The summed E-state index contributed by atoms with van der Waals surface area (Å²) < 4.78 is 27.0. The van der Waals surface area contributed by atoms with Crippen LogP contribution in [0.2, 0.25) is 0 Å². The van der Waals surface area contributed by atoms with E-state index in [1.165, 1.54) is 11.3 Å². The summed E-state index contributed by atoms with van der Waals surface area (Å²) in [5, 5.41) is 0. The maximum Gasteiger partial charge on any atom is 0.242 e. The minimum atomic E-state index is -3.43. The molecule has 4 nitrogen and oxygen atoms in total. The summed E-state index contributed by atoms with van der Waals surface area (Å²) in [4.78, 5) is 0.239. The number of nitrogens with one attached hydrogen (secondary N) is 1. The SMILES string of the molecule is Cl.NCCNS(=O)(=O)c1cc(Br)sc1Br. The van der Waals surface area contributed by atoms with Crippen LogP contribution >= 0.6 is 55.6 Å². The molecule has 1 aromatic heterocycles. The van der Waals surface area contributed by atoms with Crippen LogP contribution in [0.3, 0.4) is 0 Å².